The van der Waals surface area contributed by atoms with Crippen LogP contribution in [0.4, 0.5) is 0 Å². The van der Waals surface area contributed by atoms with E-state index < -0.39 is 23.5 Å². The lowest BCUT2D eigenvalue weighted by atomic mass is 9.94. The molecule has 0 saturated heterocycles. The molecule has 2 N–H and O–H groups in total. The van der Waals surface area contributed by atoms with Gasteiger partial charge in [0.1, 0.15) is 11.6 Å². The van der Waals surface area contributed by atoms with Crippen molar-refractivity contribution in [2.45, 2.75) is 70.9 Å². The molecule has 0 bridgehead atoms. The average molecular weight is 593 g/mol. The van der Waals surface area contributed by atoms with Crippen LogP contribution >= 0.6 is 0 Å². The number of hydrogen-bond acceptors (Lipinski definition) is 4. The van der Waals surface area contributed by atoms with Gasteiger partial charge in [-0.15, -0.1) is 0 Å². The quantitative estimate of drug-likeness (QED) is 0.162. The van der Waals surface area contributed by atoms with Crippen LogP contribution in [0.5, 0.6) is 0 Å². The molecule has 0 spiro atoms. The third-order valence-electron chi connectivity index (χ3n) is 7.51. The number of hydrogen-bond donors (Lipinski definition) is 2. The molecule has 0 aliphatic heterocycles. The van der Waals surface area contributed by atoms with Crippen molar-refractivity contribution < 1.29 is 19.1 Å². The van der Waals surface area contributed by atoms with Crippen LogP contribution in [0.15, 0.2) is 103 Å². The van der Waals surface area contributed by atoms with E-state index in [0.717, 1.165) is 17.5 Å². The monoisotopic (exact) mass is 592 g/mol. The first-order valence-corrected chi connectivity index (χ1v) is 15.5. The second kappa shape index (κ2) is 15.9. The van der Waals surface area contributed by atoms with Crippen LogP contribution in [0, 0.1) is 5.92 Å². The van der Waals surface area contributed by atoms with Crippen molar-refractivity contribution in [1.29, 1.82) is 0 Å². The summed E-state index contributed by atoms with van der Waals surface area (Å²) in [6, 6.07) is 33.4. The molecule has 6 heteroatoms. The third kappa shape index (κ3) is 10.7. The molecule has 0 fully saturated rings. The van der Waals surface area contributed by atoms with Gasteiger partial charge in [-0.05, 0) is 73.9 Å². The molecule has 0 aromatic heterocycles. The fraction of sp³-hybridized carbons (Fsp3) is 0.342. The summed E-state index contributed by atoms with van der Waals surface area (Å²) in [6.45, 7) is 5.90. The summed E-state index contributed by atoms with van der Waals surface area (Å²) in [6.07, 6.45) is 2.97. The van der Waals surface area contributed by atoms with Gasteiger partial charge in [-0.25, -0.2) is 0 Å². The Bertz CT molecular complexity index is 1510. The zero-order valence-corrected chi connectivity index (χ0v) is 26.1. The van der Waals surface area contributed by atoms with Gasteiger partial charge in [0.05, 0.1) is 6.42 Å². The van der Waals surface area contributed by atoms with E-state index in [4.69, 9.17) is 4.74 Å². The fourth-order valence-corrected chi connectivity index (χ4v) is 5.30. The first kappa shape index (κ1) is 32.5. The van der Waals surface area contributed by atoms with Crippen LogP contribution in [-0.2, 0) is 38.4 Å². The predicted molar refractivity (Wildman–Crippen MR) is 176 cm³/mol. The van der Waals surface area contributed by atoms with Gasteiger partial charge in [-0.1, -0.05) is 103 Å². The molecule has 4 aromatic rings. The molecular weight excluding hydrogens is 548 g/mol. The van der Waals surface area contributed by atoms with Crippen molar-refractivity contribution in [3.05, 3.63) is 120 Å². The molecule has 0 radical (unpaired) electrons. The Balaban J connectivity index is 1.44. The van der Waals surface area contributed by atoms with E-state index in [-0.39, 0.29) is 18.2 Å². The Hall–Kier alpha value is -4.45. The van der Waals surface area contributed by atoms with Crippen LogP contribution in [-0.4, -0.2) is 36.0 Å². The number of carbonyl (C=O) groups is 3. The smallest absolute Gasteiger partial charge is 0.307 e. The highest BCUT2D eigenvalue weighted by Crippen LogP contribution is 2.21. The summed E-state index contributed by atoms with van der Waals surface area (Å²) in [5, 5.41) is 8.36. The second-order valence-electron chi connectivity index (χ2n) is 12.3. The number of benzene rings is 4. The Morgan fingerprint density at radius 3 is 2.02 bits per heavy atom. The summed E-state index contributed by atoms with van der Waals surface area (Å²) in [7, 11) is 0. The highest BCUT2D eigenvalue weighted by atomic mass is 16.6. The van der Waals surface area contributed by atoms with Gasteiger partial charge < -0.3 is 15.4 Å². The largest absolute Gasteiger partial charge is 0.460 e. The lowest BCUT2D eigenvalue weighted by Crippen LogP contribution is -2.50. The van der Waals surface area contributed by atoms with Gasteiger partial charge in [0.2, 0.25) is 11.8 Å². The molecular formula is C38H44N2O4. The lowest BCUT2D eigenvalue weighted by molar-refractivity contribution is -0.157. The number of amides is 2. The van der Waals surface area contributed by atoms with Gasteiger partial charge in [-0.2, -0.15) is 0 Å². The number of rotatable bonds is 14. The molecule has 230 valence electrons. The number of ether oxygens (including phenoxy) is 1. The highest BCUT2D eigenvalue weighted by molar-refractivity contribution is 5.90. The second-order valence-corrected chi connectivity index (χ2v) is 12.3. The van der Waals surface area contributed by atoms with E-state index in [2.05, 4.69) is 41.0 Å². The standard InChI is InChI=1S/C38H44N2O4/c1-38(2,3)44-35(41)27-33(20-12-17-30-21-22-31-18-10-11-19-32(31)25-30)36(42)40-34(26-29-15-8-5-9-16-29)37(43)39-24-23-28-13-6-4-7-14-28/h4-11,13-16,18-19,21-22,25,33-34H,12,17,20,23-24,26-27H2,1-3H3,(H,39,43)(H,40,42)/t33-,34+/m1/s1. The van der Waals surface area contributed by atoms with E-state index in [1.165, 1.54) is 16.3 Å². The average Bonchev–Trinajstić information content (AvgIpc) is 3.00. The fourth-order valence-electron chi connectivity index (χ4n) is 5.30. The van der Waals surface area contributed by atoms with E-state index in [1.54, 1.807) is 0 Å². The van der Waals surface area contributed by atoms with Crippen molar-refractivity contribution in [3.63, 3.8) is 0 Å². The van der Waals surface area contributed by atoms with Crippen LogP contribution in [0.1, 0.15) is 56.7 Å². The molecule has 44 heavy (non-hydrogen) atoms. The van der Waals surface area contributed by atoms with Gasteiger partial charge >= 0.3 is 5.97 Å². The van der Waals surface area contributed by atoms with Gasteiger partial charge in [0, 0.05) is 18.9 Å². The zero-order valence-electron chi connectivity index (χ0n) is 26.1. The molecule has 4 rings (SSSR count). The van der Waals surface area contributed by atoms with Crippen LogP contribution < -0.4 is 10.6 Å². The maximum atomic E-state index is 13.8. The molecule has 0 saturated carbocycles. The van der Waals surface area contributed by atoms with Crippen molar-refractivity contribution in [2.24, 2.45) is 5.92 Å². The summed E-state index contributed by atoms with van der Waals surface area (Å²) in [4.78, 5) is 40.0. The van der Waals surface area contributed by atoms with E-state index in [9.17, 15) is 14.4 Å². The number of carbonyl (C=O) groups excluding carboxylic acids is 3. The molecule has 6 nitrogen and oxygen atoms in total. The molecule has 2 amide bonds. The molecule has 0 heterocycles. The summed E-state index contributed by atoms with van der Waals surface area (Å²) >= 11 is 0. The lowest BCUT2D eigenvalue weighted by Gasteiger charge is -2.24. The highest BCUT2D eigenvalue weighted by Gasteiger charge is 2.29. The van der Waals surface area contributed by atoms with Crippen molar-refractivity contribution in [1.82, 2.24) is 10.6 Å². The van der Waals surface area contributed by atoms with E-state index in [1.807, 2.05) is 93.6 Å². The molecule has 0 aliphatic rings. The first-order valence-electron chi connectivity index (χ1n) is 15.5. The Morgan fingerprint density at radius 2 is 1.34 bits per heavy atom. The zero-order chi connectivity index (χ0) is 31.4. The van der Waals surface area contributed by atoms with Crippen molar-refractivity contribution in [2.75, 3.05) is 6.54 Å². The molecule has 0 unspecified atom stereocenters. The number of aryl methyl sites for hydroxylation is 1. The maximum absolute atomic E-state index is 13.8. The Morgan fingerprint density at radius 1 is 0.705 bits per heavy atom. The van der Waals surface area contributed by atoms with Crippen molar-refractivity contribution >= 4 is 28.6 Å². The minimum Gasteiger partial charge on any atom is -0.460 e. The van der Waals surface area contributed by atoms with E-state index in [0.29, 0.717) is 32.2 Å². The van der Waals surface area contributed by atoms with Crippen LogP contribution in [0.25, 0.3) is 10.8 Å². The third-order valence-corrected chi connectivity index (χ3v) is 7.51. The minimum absolute atomic E-state index is 0.0471. The number of esters is 1. The SMILES string of the molecule is CC(C)(C)OC(=O)C[C@@H](CCCc1ccc2ccccc2c1)C(=O)N[C@@H](Cc1ccccc1)C(=O)NCCc1ccccc1. The summed E-state index contributed by atoms with van der Waals surface area (Å²) < 4.78 is 5.58. The summed E-state index contributed by atoms with van der Waals surface area (Å²) in [5.74, 6) is -1.60. The molecule has 2 atom stereocenters. The topological polar surface area (TPSA) is 84.5 Å². The maximum Gasteiger partial charge on any atom is 0.307 e. The Labute approximate surface area is 261 Å². The first-order chi connectivity index (χ1) is 21.2. The van der Waals surface area contributed by atoms with Crippen molar-refractivity contribution in [3.8, 4) is 0 Å². The van der Waals surface area contributed by atoms with Crippen LogP contribution in [0.2, 0.25) is 0 Å². The predicted octanol–water partition coefficient (Wildman–Crippen LogP) is 6.60. The molecule has 4 aromatic carbocycles. The number of nitrogens with one attached hydrogen (secondary N) is 2. The van der Waals surface area contributed by atoms with Gasteiger partial charge in [-0.3, -0.25) is 14.4 Å². The number of fused-ring (bicyclic) bond motifs is 1. The molecule has 0 aliphatic carbocycles. The minimum atomic E-state index is -0.776. The Kier molecular flexibility index (Phi) is 11.7. The summed E-state index contributed by atoms with van der Waals surface area (Å²) in [5.41, 5.74) is 2.59. The van der Waals surface area contributed by atoms with E-state index >= 15 is 0 Å². The van der Waals surface area contributed by atoms with Crippen LogP contribution in [0.3, 0.4) is 0 Å². The van der Waals surface area contributed by atoms with Gasteiger partial charge in [0.15, 0.2) is 0 Å². The van der Waals surface area contributed by atoms with Gasteiger partial charge in [0.25, 0.3) is 0 Å². The normalized spacial score (nSPS) is 12.7.